The molecule has 0 atom stereocenters. The summed E-state index contributed by atoms with van der Waals surface area (Å²) in [5, 5.41) is 0. The van der Waals surface area contributed by atoms with E-state index in [0.717, 1.165) is 39.9 Å². The molecule has 1 aliphatic carbocycles. The van der Waals surface area contributed by atoms with Gasteiger partial charge in [0.05, 0.1) is 12.6 Å². The maximum atomic E-state index is 5.53. The topological polar surface area (TPSA) is 29.9 Å². The van der Waals surface area contributed by atoms with Gasteiger partial charge in [0.1, 0.15) is 11.3 Å². The summed E-state index contributed by atoms with van der Waals surface area (Å²) >= 11 is 5.53. The van der Waals surface area contributed by atoms with Gasteiger partial charge in [-0.25, -0.2) is 0 Å². The lowest BCUT2D eigenvalue weighted by molar-refractivity contribution is 0.248. The second kappa shape index (κ2) is 6.22. The van der Waals surface area contributed by atoms with E-state index in [1.54, 1.807) is 7.11 Å². The van der Waals surface area contributed by atoms with Gasteiger partial charge in [-0.1, -0.05) is 32.3 Å². The maximum Gasteiger partial charge on any atom is 0.178 e. The van der Waals surface area contributed by atoms with Crippen molar-refractivity contribution in [1.82, 2.24) is 9.55 Å². The van der Waals surface area contributed by atoms with Crippen molar-refractivity contribution >= 4 is 23.3 Å². The third-order valence-corrected chi connectivity index (χ3v) is 5.30. The summed E-state index contributed by atoms with van der Waals surface area (Å²) in [6, 6.07) is 6.14. The number of hydrogen-bond acceptors (Lipinski definition) is 2. The van der Waals surface area contributed by atoms with E-state index in [1.165, 1.54) is 32.1 Å². The van der Waals surface area contributed by atoms with Crippen LogP contribution in [0.2, 0.25) is 0 Å². The molecule has 1 fully saturated rings. The fourth-order valence-corrected chi connectivity index (χ4v) is 3.86. The van der Waals surface area contributed by atoms with Gasteiger partial charge in [0.15, 0.2) is 4.77 Å². The molecular formula is C17H24N2OS. The van der Waals surface area contributed by atoms with E-state index in [4.69, 9.17) is 17.0 Å². The minimum Gasteiger partial charge on any atom is -0.494 e. The van der Waals surface area contributed by atoms with Crippen molar-refractivity contribution < 1.29 is 4.74 Å². The molecule has 2 aromatic rings. The molecular weight excluding hydrogens is 280 g/mol. The van der Waals surface area contributed by atoms with Gasteiger partial charge in [-0.2, -0.15) is 0 Å². The maximum absolute atomic E-state index is 5.53. The second-order valence-corrected chi connectivity index (χ2v) is 6.58. The van der Waals surface area contributed by atoms with Crippen LogP contribution in [-0.4, -0.2) is 16.7 Å². The second-order valence-electron chi connectivity index (χ2n) is 6.19. The largest absolute Gasteiger partial charge is 0.494 e. The number of rotatable bonds is 4. The molecule has 4 heteroatoms. The summed E-state index contributed by atoms with van der Waals surface area (Å²) in [6.07, 6.45) is 6.74. The predicted molar refractivity (Wildman–Crippen MR) is 89.4 cm³/mol. The van der Waals surface area contributed by atoms with Crippen molar-refractivity contribution in [2.24, 2.45) is 11.8 Å². The number of aromatic amines is 1. The van der Waals surface area contributed by atoms with E-state index in [1.807, 2.05) is 12.1 Å². The zero-order valence-corrected chi connectivity index (χ0v) is 13.7. The molecule has 1 aromatic heterocycles. The highest BCUT2D eigenvalue weighted by atomic mass is 32.1. The first-order chi connectivity index (χ1) is 10.2. The Hall–Kier alpha value is -1.29. The molecule has 1 N–H and O–H groups in total. The highest BCUT2D eigenvalue weighted by Crippen LogP contribution is 2.33. The van der Waals surface area contributed by atoms with Crippen molar-refractivity contribution in [3.63, 3.8) is 0 Å². The number of imidazole rings is 1. The Labute approximate surface area is 131 Å². The highest BCUT2D eigenvalue weighted by molar-refractivity contribution is 7.71. The smallest absolute Gasteiger partial charge is 0.178 e. The third kappa shape index (κ3) is 2.86. The molecule has 1 heterocycles. The first-order valence-corrected chi connectivity index (χ1v) is 8.39. The summed E-state index contributed by atoms with van der Waals surface area (Å²) in [4.78, 5) is 3.31. The molecule has 0 unspecified atom stereocenters. The molecule has 21 heavy (non-hydrogen) atoms. The van der Waals surface area contributed by atoms with Gasteiger partial charge in [0, 0.05) is 6.54 Å². The van der Waals surface area contributed by atoms with E-state index < -0.39 is 0 Å². The zero-order chi connectivity index (χ0) is 14.8. The SMILES string of the molecule is CCC1CCC(Cn2c(=S)[nH]c3c(OC)cccc32)CC1. The number of methoxy groups -OCH3 is 1. The van der Waals surface area contributed by atoms with Gasteiger partial charge in [-0.15, -0.1) is 0 Å². The Morgan fingerprint density at radius 3 is 2.62 bits per heavy atom. The Balaban J connectivity index is 1.84. The van der Waals surface area contributed by atoms with Gasteiger partial charge in [0.25, 0.3) is 0 Å². The average Bonchev–Trinajstić information content (AvgIpc) is 2.84. The number of ether oxygens (including phenoxy) is 1. The van der Waals surface area contributed by atoms with Crippen LogP contribution in [0.4, 0.5) is 0 Å². The predicted octanol–water partition coefficient (Wildman–Crippen LogP) is 4.92. The van der Waals surface area contributed by atoms with Gasteiger partial charge < -0.3 is 14.3 Å². The summed E-state index contributed by atoms with van der Waals surface area (Å²) < 4.78 is 8.49. The lowest BCUT2D eigenvalue weighted by Crippen LogP contribution is -2.18. The van der Waals surface area contributed by atoms with Crippen molar-refractivity contribution in [2.75, 3.05) is 7.11 Å². The van der Waals surface area contributed by atoms with Crippen LogP contribution in [-0.2, 0) is 6.54 Å². The molecule has 1 aromatic carbocycles. The lowest BCUT2D eigenvalue weighted by Gasteiger charge is -2.28. The van der Waals surface area contributed by atoms with Crippen LogP contribution in [0, 0.1) is 16.6 Å². The standard InChI is InChI=1S/C17H24N2OS/c1-3-12-7-9-13(10-8-12)11-19-14-5-4-6-15(20-2)16(14)18-17(19)21/h4-6,12-13H,3,7-11H2,1-2H3,(H,18,21). The van der Waals surface area contributed by atoms with E-state index in [-0.39, 0.29) is 0 Å². The Morgan fingerprint density at radius 1 is 1.24 bits per heavy atom. The van der Waals surface area contributed by atoms with Gasteiger partial charge in [-0.3, -0.25) is 0 Å². The quantitative estimate of drug-likeness (QED) is 0.812. The average molecular weight is 304 g/mol. The van der Waals surface area contributed by atoms with Crippen LogP contribution in [0.15, 0.2) is 18.2 Å². The van der Waals surface area contributed by atoms with Crippen LogP contribution >= 0.6 is 12.2 Å². The summed E-state index contributed by atoms with van der Waals surface area (Å²) in [6.45, 7) is 3.34. The number of H-pyrrole nitrogens is 1. The van der Waals surface area contributed by atoms with Crippen LogP contribution in [0.5, 0.6) is 5.75 Å². The zero-order valence-electron chi connectivity index (χ0n) is 12.9. The Morgan fingerprint density at radius 2 is 1.95 bits per heavy atom. The molecule has 0 amide bonds. The molecule has 0 aliphatic heterocycles. The number of hydrogen-bond donors (Lipinski definition) is 1. The van der Waals surface area contributed by atoms with Crippen LogP contribution in [0.25, 0.3) is 11.0 Å². The Kier molecular flexibility index (Phi) is 4.34. The first kappa shape index (κ1) is 14.6. The number of nitrogens with one attached hydrogen (secondary N) is 1. The molecule has 0 saturated heterocycles. The van der Waals surface area contributed by atoms with E-state index >= 15 is 0 Å². The van der Waals surface area contributed by atoms with Gasteiger partial charge in [0.2, 0.25) is 0 Å². The molecule has 0 spiro atoms. The number of fused-ring (bicyclic) bond motifs is 1. The van der Waals surface area contributed by atoms with Crippen molar-refractivity contribution in [1.29, 1.82) is 0 Å². The van der Waals surface area contributed by atoms with Crippen LogP contribution in [0.1, 0.15) is 39.0 Å². The Bertz CT molecular complexity index is 665. The van der Waals surface area contributed by atoms with Gasteiger partial charge in [-0.05, 0) is 49.0 Å². The molecule has 3 nitrogen and oxygen atoms in total. The molecule has 1 aliphatic rings. The lowest BCUT2D eigenvalue weighted by atomic mass is 9.81. The van der Waals surface area contributed by atoms with E-state index in [2.05, 4.69) is 22.5 Å². The summed E-state index contributed by atoms with van der Waals surface area (Å²) in [5.41, 5.74) is 2.18. The van der Waals surface area contributed by atoms with Gasteiger partial charge >= 0.3 is 0 Å². The monoisotopic (exact) mass is 304 g/mol. The summed E-state index contributed by atoms with van der Waals surface area (Å²) in [5.74, 6) is 2.56. The minimum absolute atomic E-state index is 0.754. The molecule has 0 radical (unpaired) electrons. The van der Waals surface area contributed by atoms with Crippen LogP contribution < -0.4 is 4.74 Å². The van der Waals surface area contributed by atoms with E-state index in [9.17, 15) is 0 Å². The number of benzene rings is 1. The highest BCUT2D eigenvalue weighted by Gasteiger charge is 2.21. The van der Waals surface area contributed by atoms with Crippen molar-refractivity contribution in [3.05, 3.63) is 23.0 Å². The minimum atomic E-state index is 0.754. The first-order valence-electron chi connectivity index (χ1n) is 7.98. The summed E-state index contributed by atoms with van der Waals surface area (Å²) in [7, 11) is 1.70. The molecule has 1 saturated carbocycles. The number of aromatic nitrogens is 2. The molecule has 3 rings (SSSR count). The third-order valence-electron chi connectivity index (χ3n) is 4.98. The fourth-order valence-electron chi connectivity index (χ4n) is 3.59. The van der Waals surface area contributed by atoms with Crippen molar-refractivity contribution in [2.45, 2.75) is 45.6 Å². The van der Waals surface area contributed by atoms with Crippen molar-refractivity contribution in [3.8, 4) is 5.75 Å². The molecule has 114 valence electrons. The number of para-hydroxylation sites is 1. The van der Waals surface area contributed by atoms with Crippen LogP contribution in [0.3, 0.4) is 0 Å². The normalized spacial score (nSPS) is 22.6. The molecule has 0 bridgehead atoms. The van der Waals surface area contributed by atoms with E-state index in [0.29, 0.717) is 0 Å². The number of nitrogens with zero attached hydrogens (tertiary/aromatic N) is 1. The fraction of sp³-hybridized carbons (Fsp3) is 0.588.